The van der Waals surface area contributed by atoms with Crippen LogP contribution in [0.1, 0.15) is 30.1 Å². The number of hydrogen-bond donors (Lipinski definition) is 1. The third-order valence-corrected chi connectivity index (χ3v) is 3.38. The normalized spacial score (nSPS) is 16.1. The Bertz CT molecular complexity index is 512. The van der Waals surface area contributed by atoms with Crippen LogP contribution in [0.5, 0.6) is 0 Å². The first kappa shape index (κ1) is 9.43. The van der Waals surface area contributed by atoms with Gasteiger partial charge in [-0.2, -0.15) is 0 Å². The van der Waals surface area contributed by atoms with Gasteiger partial charge in [-0.15, -0.1) is 0 Å². The van der Waals surface area contributed by atoms with Gasteiger partial charge < -0.3 is 9.52 Å². The van der Waals surface area contributed by atoms with E-state index in [0.717, 1.165) is 26.8 Å². The summed E-state index contributed by atoms with van der Waals surface area (Å²) in [5.41, 5.74) is 1.85. The fourth-order valence-corrected chi connectivity index (χ4v) is 2.34. The van der Waals surface area contributed by atoms with Gasteiger partial charge in [0, 0.05) is 21.3 Å². The molecule has 1 saturated carbocycles. The van der Waals surface area contributed by atoms with Crippen molar-refractivity contribution >= 4 is 26.9 Å². The quantitative estimate of drug-likeness (QED) is 0.902. The summed E-state index contributed by atoms with van der Waals surface area (Å²) in [5.74, 6) is 1.53. The van der Waals surface area contributed by atoms with Gasteiger partial charge in [0.05, 0.1) is 6.61 Å². The van der Waals surface area contributed by atoms with Crippen molar-refractivity contribution in [1.29, 1.82) is 0 Å². The third kappa shape index (κ3) is 1.50. The van der Waals surface area contributed by atoms with Crippen LogP contribution < -0.4 is 0 Å². The van der Waals surface area contributed by atoms with Crippen LogP contribution in [0.2, 0.25) is 0 Å². The number of fused-ring (bicyclic) bond motifs is 1. The van der Waals surface area contributed by atoms with Crippen molar-refractivity contribution in [3.05, 3.63) is 34.0 Å². The Morgan fingerprint density at radius 3 is 2.87 bits per heavy atom. The zero-order valence-corrected chi connectivity index (χ0v) is 9.75. The number of aliphatic hydroxyl groups excluding tert-OH is 1. The zero-order valence-electron chi connectivity index (χ0n) is 8.16. The molecule has 15 heavy (non-hydrogen) atoms. The van der Waals surface area contributed by atoms with Crippen molar-refractivity contribution in [2.75, 3.05) is 0 Å². The first-order valence-electron chi connectivity index (χ1n) is 5.11. The molecule has 1 aliphatic rings. The fraction of sp³-hybridized carbons (Fsp3) is 0.333. The van der Waals surface area contributed by atoms with E-state index in [1.807, 2.05) is 18.2 Å². The lowest BCUT2D eigenvalue weighted by atomic mass is 10.1. The molecule has 1 heterocycles. The molecule has 0 aliphatic heterocycles. The summed E-state index contributed by atoms with van der Waals surface area (Å²) < 4.78 is 6.81. The SMILES string of the molecule is OCc1c(C2CC2)oc2ccc(Br)cc12. The lowest BCUT2D eigenvalue weighted by Crippen LogP contribution is -1.86. The number of benzene rings is 1. The van der Waals surface area contributed by atoms with Gasteiger partial charge in [0.1, 0.15) is 11.3 Å². The highest BCUT2D eigenvalue weighted by atomic mass is 79.9. The molecule has 0 bridgehead atoms. The molecule has 0 radical (unpaired) electrons. The van der Waals surface area contributed by atoms with Crippen LogP contribution in [-0.4, -0.2) is 5.11 Å². The molecule has 3 heteroatoms. The molecule has 0 spiro atoms. The average Bonchev–Trinajstić information content (AvgIpc) is 3.00. The molecule has 78 valence electrons. The molecule has 0 amide bonds. The van der Waals surface area contributed by atoms with Gasteiger partial charge in [-0.25, -0.2) is 0 Å². The van der Waals surface area contributed by atoms with Gasteiger partial charge in [0.15, 0.2) is 0 Å². The molecule has 3 rings (SSSR count). The van der Waals surface area contributed by atoms with Crippen LogP contribution in [-0.2, 0) is 6.61 Å². The molecular formula is C12H11BrO2. The summed E-state index contributed by atoms with van der Waals surface area (Å²) >= 11 is 3.43. The highest BCUT2D eigenvalue weighted by molar-refractivity contribution is 9.10. The van der Waals surface area contributed by atoms with Crippen LogP contribution in [0.4, 0.5) is 0 Å². The largest absolute Gasteiger partial charge is 0.460 e. The van der Waals surface area contributed by atoms with Crippen molar-refractivity contribution in [2.45, 2.75) is 25.4 Å². The van der Waals surface area contributed by atoms with E-state index in [9.17, 15) is 5.11 Å². The van der Waals surface area contributed by atoms with Crippen LogP contribution in [0.3, 0.4) is 0 Å². The molecule has 0 unspecified atom stereocenters. The summed E-state index contributed by atoms with van der Waals surface area (Å²) in [7, 11) is 0. The van der Waals surface area contributed by atoms with Crippen LogP contribution in [0.15, 0.2) is 27.1 Å². The van der Waals surface area contributed by atoms with E-state index >= 15 is 0 Å². The van der Waals surface area contributed by atoms with Gasteiger partial charge in [-0.3, -0.25) is 0 Å². The second-order valence-corrected chi connectivity index (χ2v) is 4.93. The zero-order chi connectivity index (χ0) is 10.4. The summed E-state index contributed by atoms with van der Waals surface area (Å²) in [6, 6.07) is 5.92. The van der Waals surface area contributed by atoms with E-state index in [4.69, 9.17) is 4.42 Å². The van der Waals surface area contributed by atoms with Gasteiger partial charge in [0.2, 0.25) is 0 Å². The molecule has 1 aliphatic carbocycles. The Balaban J connectivity index is 2.27. The molecule has 2 nitrogen and oxygen atoms in total. The van der Waals surface area contributed by atoms with Gasteiger partial charge >= 0.3 is 0 Å². The molecule has 1 aromatic heterocycles. The predicted octanol–water partition coefficient (Wildman–Crippen LogP) is 3.57. The summed E-state index contributed by atoms with van der Waals surface area (Å²) in [5, 5.41) is 10.4. The molecule has 1 aromatic carbocycles. The minimum atomic E-state index is 0.0648. The Hall–Kier alpha value is -0.800. The number of hydrogen-bond acceptors (Lipinski definition) is 2. The Morgan fingerprint density at radius 1 is 1.40 bits per heavy atom. The molecule has 2 aromatic rings. The van der Waals surface area contributed by atoms with E-state index < -0.39 is 0 Å². The first-order valence-corrected chi connectivity index (χ1v) is 5.90. The summed E-state index contributed by atoms with van der Waals surface area (Å²) in [6.07, 6.45) is 2.38. The Kier molecular flexibility index (Phi) is 2.11. The minimum Gasteiger partial charge on any atom is -0.460 e. The molecule has 0 atom stereocenters. The highest BCUT2D eigenvalue weighted by Gasteiger charge is 2.30. The monoisotopic (exact) mass is 266 g/mol. The highest BCUT2D eigenvalue weighted by Crippen LogP contribution is 2.45. The average molecular weight is 267 g/mol. The number of halogens is 1. The molecule has 0 saturated heterocycles. The van der Waals surface area contributed by atoms with Crippen molar-refractivity contribution in [1.82, 2.24) is 0 Å². The Morgan fingerprint density at radius 2 is 2.20 bits per heavy atom. The van der Waals surface area contributed by atoms with Crippen LogP contribution in [0.25, 0.3) is 11.0 Å². The third-order valence-electron chi connectivity index (χ3n) is 2.89. The van der Waals surface area contributed by atoms with E-state index in [2.05, 4.69) is 15.9 Å². The van der Waals surface area contributed by atoms with Gasteiger partial charge in [-0.05, 0) is 31.0 Å². The maximum Gasteiger partial charge on any atom is 0.134 e. The lowest BCUT2D eigenvalue weighted by molar-refractivity contribution is 0.279. The standard InChI is InChI=1S/C12H11BrO2/c13-8-3-4-11-9(5-8)10(6-14)12(15-11)7-1-2-7/h3-5,7,14H,1-2,6H2. The maximum absolute atomic E-state index is 9.40. The van der Waals surface area contributed by atoms with Crippen LogP contribution >= 0.6 is 15.9 Å². The predicted molar refractivity (Wildman–Crippen MR) is 61.8 cm³/mol. The fourth-order valence-electron chi connectivity index (χ4n) is 1.98. The number of furan rings is 1. The molecule has 1 fully saturated rings. The van der Waals surface area contributed by atoms with E-state index in [1.165, 1.54) is 12.8 Å². The van der Waals surface area contributed by atoms with Crippen LogP contribution in [0, 0.1) is 0 Å². The van der Waals surface area contributed by atoms with Crippen molar-refractivity contribution in [3.8, 4) is 0 Å². The van der Waals surface area contributed by atoms with Crippen molar-refractivity contribution in [3.63, 3.8) is 0 Å². The smallest absolute Gasteiger partial charge is 0.134 e. The summed E-state index contributed by atoms with van der Waals surface area (Å²) in [4.78, 5) is 0. The Labute approximate surface area is 96.0 Å². The van der Waals surface area contributed by atoms with E-state index in [0.29, 0.717) is 5.92 Å². The second kappa shape index (κ2) is 3.35. The number of rotatable bonds is 2. The van der Waals surface area contributed by atoms with Crippen molar-refractivity contribution < 1.29 is 9.52 Å². The van der Waals surface area contributed by atoms with Crippen molar-refractivity contribution in [2.24, 2.45) is 0 Å². The minimum absolute atomic E-state index is 0.0648. The maximum atomic E-state index is 9.40. The number of aliphatic hydroxyl groups is 1. The topological polar surface area (TPSA) is 33.4 Å². The van der Waals surface area contributed by atoms with Gasteiger partial charge in [-0.1, -0.05) is 15.9 Å². The first-order chi connectivity index (χ1) is 7.29. The van der Waals surface area contributed by atoms with E-state index in [1.54, 1.807) is 0 Å². The van der Waals surface area contributed by atoms with Gasteiger partial charge in [0.25, 0.3) is 0 Å². The van der Waals surface area contributed by atoms with E-state index in [-0.39, 0.29) is 6.61 Å². The molecular weight excluding hydrogens is 256 g/mol. The second-order valence-electron chi connectivity index (χ2n) is 4.02. The molecule has 1 N–H and O–H groups in total. The summed E-state index contributed by atoms with van der Waals surface area (Å²) in [6.45, 7) is 0.0648. The lowest BCUT2D eigenvalue weighted by Gasteiger charge is -1.95.